The van der Waals surface area contributed by atoms with Crippen LogP contribution in [0.3, 0.4) is 0 Å². The number of sulfonamides is 1. The highest BCUT2D eigenvalue weighted by molar-refractivity contribution is 9.10. The van der Waals surface area contributed by atoms with Crippen molar-refractivity contribution < 1.29 is 13.2 Å². The number of amides is 1. The van der Waals surface area contributed by atoms with E-state index in [1.54, 1.807) is 29.4 Å². The first-order chi connectivity index (χ1) is 13.9. The molecule has 2 fully saturated rings. The summed E-state index contributed by atoms with van der Waals surface area (Å²) in [5.41, 5.74) is 0.499. The highest BCUT2D eigenvalue weighted by Crippen LogP contribution is 2.22. The smallest absolute Gasteiger partial charge is 0.253 e. The molecule has 0 unspecified atom stereocenters. The van der Waals surface area contributed by atoms with Gasteiger partial charge in [0.05, 0.1) is 9.37 Å². The lowest BCUT2D eigenvalue weighted by atomic mass is 10.2. The van der Waals surface area contributed by atoms with Crippen molar-refractivity contribution in [1.29, 1.82) is 0 Å². The number of hydrogen-bond acceptors (Lipinski definition) is 6. The van der Waals surface area contributed by atoms with E-state index in [0.29, 0.717) is 50.8 Å². The Kier molecular flexibility index (Phi) is 5.84. The fourth-order valence-corrected chi connectivity index (χ4v) is 5.33. The van der Waals surface area contributed by atoms with Gasteiger partial charge in [0, 0.05) is 57.2 Å². The number of carbonyl (C=O) groups is 1. The SMILES string of the molecule is O=C(c1ccc(S(=O)(=O)N2CCCC2)cc1)N1CCN(c2ncc(Br)cn2)CC1. The summed E-state index contributed by atoms with van der Waals surface area (Å²) < 4.78 is 27.6. The molecule has 0 atom stereocenters. The normalized spacial score (nSPS) is 18.2. The lowest BCUT2D eigenvalue weighted by molar-refractivity contribution is 0.0746. The molecule has 0 spiro atoms. The molecule has 154 valence electrons. The summed E-state index contributed by atoms with van der Waals surface area (Å²) in [6.45, 7) is 3.55. The van der Waals surface area contributed by atoms with Gasteiger partial charge in [0.2, 0.25) is 16.0 Å². The first kappa shape index (κ1) is 20.2. The number of benzene rings is 1. The molecule has 8 nitrogen and oxygen atoms in total. The van der Waals surface area contributed by atoms with Crippen LogP contribution in [0.15, 0.2) is 46.0 Å². The fourth-order valence-electron chi connectivity index (χ4n) is 3.61. The third-order valence-electron chi connectivity index (χ3n) is 5.26. The molecule has 0 aliphatic carbocycles. The highest BCUT2D eigenvalue weighted by Gasteiger charge is 2.28. The van der Waals surface area contributed by atoms with E-state index in [1.165, 1.54) is 16.4 Å². The molecule has 1 aromatic heterocycles. The molecule has 3 heterocycles. The molecule has 0 saturated carbocycles. The van der Waals surface area contributed by atoms with E-state index in [-0.39, 0.29) is 10.8 Å². The van der Waals surface area contributed by atoms with Crippen LogP contribution in [0.2, 0.25) is 0 Å². The molecule has 2 aromatic rings. The molecule has 0 bridgehead atoms. The third-order valence-corrected chi connectivity index (χ3v) is 7.58. The van der Waals surface area contributed by atoms with Gasteiger partial charge in [-0.05, 0) is 53.0 Å². The van der Waals surface area contributed by atoms with Crippen molar-refractivity contribution in [2.45, 2.75) is 17.7 Å². The van der Waals surface area contributed by atoms with Crippen LogP contribution in [-0.4, -0.2) is 72.8 Å². The predicted octanol–water partition coefficient (Wildman–Crippen LogP) is 1.99. The number of nitrogens with zero attached hydrogens (tertiary/aromatic N) is 5. The van der Waals surface area contributed by atoms with Crippen LogP contribution in [0.25, 0.3) is 0 Å². The van der Waals surface area contributed by atoms with Crippen molar-refractivity contribution in [3.05, 3.63) is 46.7 Å². The molecular formula is C19H22BrN5O3S. The second-order valence-electron chi connectivity index (χ2n) is 7.12. The van der Waals surface area contributed by atoms with Crippen LogP contribution >= 0.6 is 15.9 Å². The van der Waals surface area contributed by atoms with Crippen molar-refractivity contribution in [2.75, 3.05) is 44.2 Å². The van der Waals surface area contributed by atoms with E-state index >= 15 is 0 Å². The second kappa shape index (κ2) is 8.37. The lowest BCUT2D eigenvalue weighted by Crippen LogP contribution is -2.49. The molecular weight excluding hydrogens is 458 g/mol. The van der Waals surface area contributed by atoms with Crippen LogP contribution in [-0.2, 0) is 10.0 Å². The molecule has 0 radical (unpaired) electrons. The average Bonchev–Trinajstić information content (AvgIpc) is 3.30. The van der Waals surface area contributed by atoms with Gasteiger partial charge in [-0.15, -0.1) is 0 Å². The molecule has 2 saturated heterocycles. The zero-order valence-corrected chi connectivity index (χ0v) is 18.3. The highest BCUT2D eigenvalue weighted by atomic mass is 79.9. The summed E-state index contributed by atoms with van der Waals surface area (Å²) in [7, 11) is -3.46. The molecule has 2 aliphatic heterocycles. The summed E-state index contributed by atoms with van der Waals surface area (Å²) in [5.74, 6) is 0.559. The monoisotopic (exact) mass is 479 g/mol. The van der Waals surface area contributed by atoms with Crippen molar-refractivity contribution in [1.82, 2.24) is 19.2 Å². The summed E-state index contributed by atoms with van der Waals surface area (Å²) in [4.78, 5) is 25.5. The summed E-state index contributed by atoms with van der Waals surface area (Å²) >= 11 is 3.32. The van der Waals surface area contributed by atoms with Crippen molar-refractivity contribution in [2.24, 2.45) is 0 Å². The molecule has 4 rings (SSSR count). The minimum Gasteiger partial charge on any atom is -0.337 e. The largest absolute Gasteiger partial charge is 0.337 e. The van der Waals surface area contributed by atoms with Gasteiger partial charge in [0.1, 0.15) is 0 Å². The summed E-state index contributed by atoms with van der Waals surface area (Å²) in [6, 6.07) is 6.28. The third kappa shape index (κ3) is 4.29. The predicted molar refractivity (Wildman–Crippen MR) is 112 cm³/mol. The van der Waals surface area contributed by atoms with Gasteiger partial charge < -0.3 is 9.80 Å². The van der Waals surface area contributed by atoms with E-state index in [1.807, 2.05) is 4.90 Å². The van der Waals surface area contributed by atoms with Gasteiger partial charge in [-0.25, -0.2) is 18.4 Å². The van der Waals surface area contributed by atoms with Crippen LogP contribution in [0.5, 0.6) is 0 Å². The summed E-state index contributed by atoms with van der Waals surface area (Å²) in [5, 5.41) is 0. The Labute approximate surface area is 178 Å². The van der Waals surface area contributed by atoms with E-state index in [2.05, 4.69) is 25.9 Å². The zero-order valence-electron chi connectivity index (χ0n) is 15.9. The number of piperazine rings is 1. The standard InChI is InChI=1S/C19H22BrN5O3S/c20-16-13-21-19(22-14-16)24-11-9-23(10-12-24)18(26)15-3-5-17(6-4-15)29(27,28)25-7-1-2-8-25/h3-6,13-14H,1-2,7-12H2. The van der Waals surface area contributed by atoms with Crippen molar-refractivity contribution in [3.63, 3.8) is 0 Å². The Morgan fingerprint density at radius 2 is 1.48 bits per heavy atom. The zero-order chi connectivity index (χ0) is 20.4. The van der Waals surface area contributed by atoms with Gasteiger partial charge in [0.15, 0.2) is 0 Å². The van der Waals surface area contributed by atoms with E-state index in [4.69, 9.17) is 0 Å². The Morgan fingerprint density at radius 1 is 0.897 bits per heavy atom. The van der Waals surface area contributed by atoms with Gasteiger partial charge in [-0.2, -0.15) is 4.31 Å². The number of halogens is 1. The number of aromatic nitrogens is 2. The number of rotatable bonds is 4. The first-order valence-electron chi connectivity index (χ1n) is 9.57. The second-order valence-corrected chi connectivity index (χ2v) is 9.97. The first-order valence-corrected chi connectivity index (χ1v) is 11.8. The average molecular weight is 480 g/mol. The maximum atomic E-state index is 12.8. The fraction of sp³-hybridized carbons (Fsp3) is 0.421. The summed E-state index contributed by atoms with van der Waals surface area (Å²) in [6.07, 6.45) is 5.20. The van der Waals surface area contributed by atoms with E-state index in [0.717, 1.165) is 17.3 Å². The number of anilines is 1. The molecule has 10 heteroatoms. The van der Waals surface area contributed by atoms with Gasteiger partial charge in [0.25, 0.3) is 5.91 Å². The quantitative estimate of drug-likeness (QED) is 0.666. The van der Waals surface area contributed by atoms with Crippen LogP contribution < -0.4 is 4.90 Å². The Bertz CT molecular complexity index is 968. The topological polar surface area (TPSA) is 86.7 Å². The lowest BCUT2D eigenvalue weighted by Gasteiger charge is -2.34. The van der Waals surface area contributed by atoms with Gasteiger partial charge >= 0.3 is 0 Å². The van der Waals surface area contributed by atoms with Crippen LogP contribution in [0.1, 0.15) is 23.2 Å². The van der Waals surface area contributed by atoms with Crippen LogP contribution in [0.4, 0.5) is 5.95 Å². The van der Waals surface area contributed by atoms with E-state index < -0.39 is 10.0 Å². The molecule has 29 heavy (non-hydrogen) atoms. The van der Waals surface area contributed by atoms with E-state index in [9.17, 15) is 13.2 Å². The molecule has 0 N–H and O–H groups in total. The molecule has 1 aromatic carbocycles. The van der Waals surface area contributed by atoms with Gasteiger partial charge in [-0.3, -0.25) is 4.79 Å². The van der Waals surface area contributed by atoms with Crippen molar-refractivity contribution >= 4 is 37.8 Å². The number of carbonyl (C=O) groups excluding carboxylic acids is 1. The molecule has 2 aliphatic rings. The Morgan fingerprint density at radius 3 is 2.07 bits per heavy atom. The number of hydrogen-bond donors (Lipinski definition) is 0. The maximum Gasteiger partial charge on any atom is 0.253 e. The van der Waals surface area contributed by atoms with Crippen molar-refractivity contribution in [3.8, 4) is 0 Å². The van der Waals surface area contributed by atoms with Crippen LogP contribution in [0, 0.1) is 0 Å². The Balaban J connectivity index is 1.39. The maximum absolute atomic E-state index is 12.8. The minimum atomic E-state index is -3.46. The molecule has 1 amide bonds. The Hall–Kier alpha value is -2.04. The minimum absolute atomic E-state index is 0.0912. The van der Waals surface area contributed by atoms with Gasteiger partial charge in [-0.1, -0.05) is 0 Å².